The first-order chi connectivity index (χ1) is 12.5. The Labute approximate surface area is 151 Å². The predicted octanol–water partition coefficient (Wildman–Crippen LogP) is 2.57. The summed E-state index contributed by atoms with van der Waals surface area (Å²) in [5.74, 6) is 0.492. The van der Waals surface area contributed by atoms with Crippen LogP contribution in [0.2, 0.25) is 0 Å². The van der Waals surface area contributed by atoms with E-state index in [4.69, 9.17) is 18.9 Å². The second-order valence-corrected chi connectivity index (χ2v) is 5.38. The van der Waals surface area contributed by atoms with Crippen LogP contribution in [0.3, 0.4) is 0 Å². The maximum atomic E-state index is 11.9. The highest BCUT2D eigenvalue weighted by Crippen LogP contribution is 2.29. The summed E-state index contributed by atoms with van der Waals surface area (Å²) < 4.78 is 20.5. The summed E-state index contributed by atoms with van der Waals surface area (Å²) in [7, 11) is 3.02. The van der Waals surface area contributed by atoms with Crippen LogP contribution in [0, 0.1) is 6.92 Å². The van der Waals surface area contributed by atoms with Gasteiger partial charge in [-0.1, -0.05) is 12.1 Å². The fraction of sp³-hybridized carbons (Fsp3) is 0.263. The van der Waals surface area contributed by atoms with E-state index in [0.717, 1.165) is 5.56 Å². The summed E-state index contributed by atoms with van der Waals surface area (Å²) in [6, 6.07) is 12.2. The van der Waals surface area contributed by atoms with E-state index in [2.05, 4.69) is 5.32 Å². The van der Waals surface area contributed by atoms with Crippen molar-refractivity contribution in [2.45, 2.75) is 6.92 Å². The van der Waals surface area contributed by atoms with Gasteiger partial charge in [-0.3, -0.25) is 4.79 Å². The Morgan fingerprint density at radius 2 is 1.73 bits per heavy atom. The molecule has 0 saturated heterocycles. The van der Waals surface area contributed by atoms with E-state index in [1.165, 1.54) is 14.2 Å². The topological polar surface area (TPSA) is 83.1 Å². The third-order valence-corrected chi connectivity index (χ3v) is 3.38. The van der Waals surface area contributed by atoms with Crippen LogP contribution >= 0.6 is 0 Å². The summed E-state index contributed by atoms with van der Waals surface area (Å²) in [6.07, 6.45) is 0. The number of esters is 1. The normalized spacial score (nSPS) is 9.96. The predicted molar refractivity (Wildman–Crippen MR) is 95.8 cm³/mol. The fourth-order valence-electron chi connectivity index (χ4n) is 2.15. The third-order valence-electron chi connectivity index (χ3n) is 3.38. The van der Waals surface area contributed by atoms with Crippen molar-refractivity contribution >= 4 is 17.6 Å². The second kappa shape index (κ2) is 9.31. The highest BCUT2D eigenvalue weighted by Gasteiger charge is 2.11. The highest BCUT2D eigenvalue weighted by atomic mass is 16.6. The summed E-state index contributed by atoms with van der Waals surface area (Å²) in [6.45, 7) is 1.24. The Bertz CT molecular complexity index is 774. The molecule has 0 atom stereocenters. The van der Waals surface area contributed by atoms with Gasteiger partial charge in [0.25, 0.3) is 5.91 Å². The smallest absolute Gasteiger partial charge is 0.344 e. The lowest BCUT2D eigenvalue weighted by Gasteiger charge is -2.11. The van der Waals surface area contributed by atoms with E-state index in [9.17, 15) is 9.59 Å². The maximum absolute atomic E-state index is 11.9. The van der Waals surface area contributed by atoms with Crippen LogP contribution in [0.5, 0.6) is 17.2 Å². The van der Waals surface area contributed by atoms with Crippen LogP contribution in [-0.4, -0.2) is 39.3 Å². The van der Waals surface area contributed by atoms with Crippen LogP contribution in [-0.2, 0) is 14.3 Å². The number of rotatable bonds is 8. The van der Waals surface area contributed by atoms with Crippen LogP contribution in [0.25, 0.3) is 0 Å². The Balaban J connectivity index is 1.78. The van der Waals surface area contributed by atoms with Gasteiger partial charge in [0, 0.05) is 11.8 Å². The molecule has 7 nitrogen and oxygen atoms in total. The van der Waals surface area contributed by atoms with Crippen molar-refractivity contribution in [3.8, 4) is 17.2 Å². The minimum absolute atomic E-state index is 0.271. The lowest BCUT2D eigenvalue weighted by atomic mass is 10.2. The number of hydrogen-bond acceptors (Lipinski definition) is 6. The number of methoxy groups -OCH3 is 2. The van der Waals surface area contributed by atoms with Gasteiger partial charge in [-0.25, -0.2) is 4.79 Å². The summed E-state index contributed by atoms with van der Waals surface area (Å²) in [4.78, 5) is 23.6. The quantitative estimate of drug-likeness (QED) is 0.730. The summed E-state index contributed by atoms with van der Waals surface area (Å²) in [5.41, 5.74) is 1.52. The van der Waals surface area contributed by atoms with Gasteiger partial charge in [0.15, 0.2) is 24.7 Å². The van der Waals surface area contributed by atoms with E-state index in [1.54, 1.807) is 30.3 Å². The number of ether oxygens (including phenoxy) is 4. The molecule has 138 valence electrons. The Kier molecular flexibility index (Phi) is 6.84. The first-order valence-corrected chi connectivity index (χ1v) is 7.89. The van der Waals surface area contributed by atoms with Crippen molar-refractivity contribution in [3.63, 3.8) is 0 Å². The molecule has 0 aliphatic rings. The van der Waals surface area contributed by atoms with E-state index < -0.39 is 18.5 Å². The highest BCUT2D eigenvalue weighted by molar-refractivity contribution is 5.93. The first-order valence-electron chi connectivity index (χ1n) is 7.89. The zero-order chi connectivity index (χ0) is 18.9. The number of anilines is 1. The van der Waals surface area contributed by atoms with Crippen molar-refractivity contribution in [1.82, 2.24) is 0 Å². The molecule has 2 aromatic rings. The average molecular weight is 359 g/mol. The maximum Gasteiger partial charge on any atom is 0.344 e. The molecule has 2 rings (SSSR count). The zero-order valence-corrected chi connectivity index (χ0v) is 14.9. The van der Waals surface area contributed by atoms with E-state index in [-0.39, 0.29) is 6.61 Å². The molecule has 0 aromatic heterocycles. The van der Waals surface area contributed by atoms with Crippen molar-refractivity contribution in [2.24, 2.45) is 0 Å². The number of amides is 1. The SMILES string of the molecule is COc1ccc(NC(=O)COC(=O)COc2cccc(C)c2)cc1OC. The summed E-state index contributed by atoms with van der Waals surface area (Å²) in [5, 5.41) is 2.61. The molecule has 0 spiro atoms. The minimum atomic E-state index is -0.631. The van der Waals surface area contributed by atoms with Gasteiger partial charge in [0.2, 0.25) is 0 Å². The van der Waals surface area contributed by atoms with Crippen molar-refractivity contribution in [2.75, 3.05) is 32.8 Å². The average Bonchev–Trinajstić information content (AvgIpc) is 2.64. The van der Waals surface area contributed by atoms with E-state index in [1.807, 2.05) is 19.1 Å². The number of carbonyl (C=O) groups excluding carboxylic acids is 2. The molecule has 1 N–H and O–H groups in total. The molecule has 0 aliphatic heterocycles. The zero-order valence-electron chi connectivity index (χ0n) is 14.9. The van der Waals surface area contributed by atoms with Crippen molar-refractivity contribution in [3.05, 3.63) is 48.0 Å². The first kappa shape index (κ1) is 19.1. The molecular weight excluding hydrogens is 338 g/mol. The van der Waals surface area contributed by atoms with Crippen molar-refractivity contribution < 1.29 is 28.5 Å². The van der Waals surface area contributed by atoms with Gasteiger partial charge in [-0.05, 0) is 36.8 Å². The lowest BCUT2D eigenvalue weighted by molar-refractivity contribution is -0.149. The van der Waals surface area contributed by atoms with Gasteiger partial charge >= 0.3 is 5.97 Å². The number of benzene rings is 2. The number of nitrogens with one attached hydrogen (secondary N) is 1. The van der Waals surface area contributed by atoms with Crippen molar-refractivity contribution in [1.29, 1.82) is 0 Å². The Hall–Kier alpha value is -3.22. The molecule has 0 bridgehead atoms. The Morgan fingerprint density at radius 1 is 0.962 bits per heavy atom. The molecule has 0 fully saturated rings. The number of carbonyl (C=O) groups is 2. The molecule has 0 aliphatic carbocycles. The standard InChI is InChI=1S/C19H21NO6/c1-13-5-4-6-15(9-13)25-12-19(22)26-11-18(21)20-14-7-8-16(23-2)17(10-14)24-3/h4-10H,11-12H2,1-3H3,(H,20,21). The molecule has 0 radical (unpaired) electrons. The number of hydrogen-bond donors (Lipinski definition) is 1. The van der Waals surface area contributed by atoms with Gasteiger partial charge in [0.05, 0.1) is 14.2 Å². The minimum Gasteiger partial charge on any atom is -0.493 e. The van der Waals surface area contributed by atoms with E-state index >= 15 is 0 Å². The van der Waals surface area contributed by atoms with Crippen LogP contribution in [0.1, 0.15) is 5.56 Å². The van der Waals surface area contributed by atoms with E-state index in [0.29, 0.717) is 22.9 Å². The summed E-state index contributed by atoms with van der Waals surface area (Å²) >= 11 is 0. The lowest BCUT2D eigenvalue weighted by Crippen LogP contribution is -2.23. The number of aryl methyl sites for hydroxylation is 1. The van der Waals surface area contributed by atoms with Crippen LogP contribution in [0.4, 0.5) is 5.69 Å². The Morgan fingerprint density at radius 3 is 2.42 bits per heavy atom. The van der Waals surface area contributed by atoms with Gasteiger partial charge in [-0.15, -0.1) is 0 Å². The molecule has 0 unspecified atom stereocenters. The molecule has 7 heteroatoms. The molecule has 26 heavy (non-hydrogen) atoms. The molecule has 2 aromatic carbocycles. The van der Waals surface area contributed by atoms with Gasteiger partial charge in [-0.2, -0.15) is 0 Å². The monoisotopic (exact) mass is 359 g/mol. The molecule has 0 saturated carbocycles. The van der Waals surface area contributed by atoms with Crippen LogP contribution < -0.4 is 19.5 Å². The second-order valence-electron chi connectivity index (χ2n) is 5.38. The molecule has 0 heterocycles. The molecule has 1 amide bonds. The third kappa shape index (κ3) is 5.70. The molecular formula is C19H21NO6. The largest absolute Gasteiger partial charge is 0.493 e. The fourth-order valence-corrected chi connectivity index (χ4v) is 2.15. The van der Waals surface area contributed by atoms with Gasteiger partial charge < -0.3 is 24.3 Å². The van der Waals surface area contributed by atoms with Crippen LogP contribution in [0.15, 0.2) is 42.5 Å². The van der Waals surface area contributed by atoms with Gasteiger partial charge in [0.1, 0.15) is 5.75 Å².